The van der Waals surface area contributed by atoms with E-state index < -0.39 is 0 Å². The monoisotopic (exact) mass is 305 g/mol. The van der Waals surface area contributed by atoms with E-state index in [0.29, 0.717) is 0 Å². The van der Waals surface area contributed by atoms with Crippen LogP contribution in [0.1, 0.15) is 30.7 Å². The second-order valence-corrected chi connectivity index (χ2v) is 5.79. The molecule has 0 spiro atoms. The van der Waals surface area contributed by atoms with Gasteiger partial charge in [0.1, 0.15) is 11.3 Å². The number of fused-ring (bicyclic) bond motifs is 1. The van der Waals surface area contributed by atoms with Crippen LogP contribution in [0.4, 0.5) is 5.69 Å². The molecule has 1 aromatic heterocycles. The molecular formula is C21H23NO. The maximum absolute atomic E-state index is 5.87. The zero-order valence-electron chi connectivity index (χ0n) is 14.0. The SMILES string of the molecule is CCN(CC)c1ccc(/C=C/c2cc3ccc(C)cc3o2)cc1. The molecule has 2 nitrogen and oxygen atoms in total. The van der Waals surface area contributed by atoms with Gasteiger partial charge in [-0.15, -0.1) is 0 Å². The van der Waals surface area contributed by atoms with E-state index in [1.165, 1.54) is 16.8 Å². The average molecular weight is 305 g/mol. The Hall–Kier alpha value is -2.48. The van der Waals surface area contributed by atoms with Crippen LogP contribution in [0.25, 0.3) is 23.1 Å². The molecule has 118 valence electrons. The Morgan fingerprint density at radius 1 is 0.913 bits per heavy atom. The summed E-state index contributed by atoms with van der Waals surface area (Å²) < 4.78 is 5.87. The predicted octanol–water partition coefficient (Wildman–Crippen LogP) is 5.76. The van der Waals surface area contributed by atoms with Crippen LogP contribution in [-0.4, -0.2) is 13.1 Å². The molecule has 2 heteroatoms. The summed E-state index contributed by atoms with van der Waals surface area (Å²) >= 11 is 0. The highest BCUT2D eigenvalue weighted by molar-refractivity contribution is 5.82. The van der Waals surface area contributed by atoms with Gasteiger partial charge in [-0.25, -0.2) is 0 Å². The largest absolute Gasteiger partial charge is 0.457 e. The van der Waals surface area contributed by atoms with Gasteiger partial charge in [0.05, 0.1) is 0 Å². The van der Waals surface area contributed by atoms with Crippen LogP contribution in [0.5, 0.6) is 0 Å². The van der Waals surface area contributed by atoms with Crippen LogP contribution >= 0.6 is 0 Å². The van der Waals surface area contributed by atoms with E-state index in [1.54, 1.807) is 0 Å². The zero-order valence-corrected chi connectivity index (χ0v) is 14.0. The lowest BCUT2D eigenvalue weighted by atomic mass is 10.1. The minimum Gasteiger partial charge on any atom is -0.457 e. The number of aryl methyl sites for hydroxylation is 1. The minimum atomic E-state index is 0.887. The number of anilines is 1. The molecule has 0 fully saturated rings. The fraction of sp³-hybridized carbons (Fsp3) is 0.238. The summed E-state index contributed by atoms with van der Waals surface area (Å²) in [4.78, 5) is 2.34. The van der Waals surface area contributed by atoms with E-state index >= 15 is 0 Å². The van der Waals surface area contributed by atoms with Gasteiger partial charge in [0, 0.05) is 24.2 Å². The van der Waals surface area contributed by atoms with Crippen LogP contribution in [0.15, 0.2) is 52.9 Å². The summed E-state index contributed by atoms with van der Waals surface area (Å²) in [7, 11) is 0. The van der Waals surface area contributed by atoms with E-state index in [2.05, 4.69) is 80.3 Å². The average Bonchev–Trinajstić information content (AvgIpc) is 2.97. The maximum atomic E-state index is 5.87. The standard InChI is InChI=1S/C21H23NO/c1-4-22(5-2)19-11-7-17(8-12-19)9-13-20-15-18-10-6-16(3)14-21(18)23-20/h6-15H,4-5H2,1-3H3/b13-9+. The van der Waals surface area contributed by atoms with Crippen LogP contribution in [-0.2, 0) is 0 Å². The van der Waals surface area contributed by atoms with Crippen LogP contribution < -0.4 is 4.90 Å². The van der Waals surface area contributed by atoms with Gasteiger partial charge in [-0.2, -0.15) is 0 Å². The number of hydrogen-bond acceptors (Lipinski definition) is 2. The topological polar surface area (TPSA) is 16.4 Å². The fourth-order valence-corrected chi connectivity index (χ4v) is 2.80. The van der Waals surface area contributed by atoms with Gasteiger partial charge in [-0.3, -0.25) is 0 Å². The third-order valence-electron chi connectivity index (χ3n) is 4.16. The van der Waals surface area contributed by atoms with Crippen molar-refractivity contribution in [1.82, 2.24) is 0 Å². The van der Waals surface area contributed by atoms with Crippen molar-refractivity contribution in [2.45, 2.75) is 20.8 Å². The third kappa shape index (κ3) is 3.48. The minimum absolute atomic E-state index is 0.887. The molecule has 0 unspecified atom stereocenters. The van der Waals surface area contributed by atoms with E-state index in [0.717, 1.165) is 29.8 Å². The van der Waals surface area contributed by atoms with Gasteiger partial charge in [-0.1, -0.05) is 30.3 Å². The number of furan rings is 1. The molecule has 2 aromatic carbocycles. The van der Waals surface area contributed by atoms with E-state index in [4.69, 9.17) is 4.42 Å². The number of hydrogen-bond donors (Lipinski definition) is 0. The Bertz CT molecular complexity index is 807. The van der Waals surface area contributed by atoms with Crippen molar-refractivity contribution in [2.24, 2.45) is 0 Å². The lowest BCUT2D eigenvalue weighted by Gasteiger charge is -2.20. The highest BCUT2D eigenvalue weighted by atomic mass is 16.3. The first-order chi connectivity index (χ1) is 11.2. The molecule has 3 rings (SSSR count). The molecule has 1 heterocycles. The highest BCUT2D eigenvalue weighted by Crippen LogP contribution is 2.22. The summed E-state index contributed by atoms with van der Waals surface area (Å²) in [5, 5.41) is 1.15. The van der Waals surface area contributed by atoms with Crippen molar-refractivity contribution in [2.75, 3.05) is 18.0 Å². The molecule has 0 aliphatic heterocycles. The summed E-state index contributed by atoms with van der Waals surface area (Å²) in [6, 6.07) is 17.0. The molecule has 0 atom stereocenters. The smallest absolute Gasteiger partial charge is 0.135 e. The van der Waals surface area contributed by atoms with Gasteiger partial charge < -0.3 is 9.32 Å². The highest BCUT2D eigenvalue weighted by Gasteiger charge is 2.02. The predicted molar refractivity (Wildman–Crippen MR) is 99.9 cm³/mol. The number of nitrogens with zero attached hydrogens (tertiary/aromatic N) is 1. The van der Waals surface area contributed by atoms with E-state index in [9.17, 15) is 0 Å². The Balaban J connectivity index is 1.78. The van der Waals surface area contributed by atoms with Gasteiger partial charge >= 0.3 is 0 Å². The van der Waals surface area contributed by atoms with Crippen LogP contribution in [0, 0.1) is 6.92 Å². The molecule has 0 radical (unpaired) electrons. The molecule has 0 saturated heterocycles. The first-order valence-electron chi connectivity index (χ1n) is 8.23. The molecule has 23 heavy (non-hydrogen) atoms. The van der Waals surface area contributed by atoms with E-state index in [1.807, 2.05) is 6.08 Å². The van der Waals surface area contributed by atoms with Crippen molar-refractivity contribution >= 4 is 28.8 Å². The van der Waals surface area contributed by atoms with Gasteiger partial charge in [0.15, 0.2) is 0 Å². The zero-order chi connectivity index (χ0) is 16.2. The molecule has 3 aromatic rings. The quantitative estimate of drug-likeness (QED) is 0.596. The summed E-state index contributed by atoms with van der Waals surface area (Å²) in [6.07, 6.45) is 4.12. The van der Waals surface area contributed by atoms with Crippen LogP contribution in [0.2, 0.25) is 0 Å². The lowest BCUT2D eigenvalue weighted by Crippen LogP contribution is -2.21. The molecule has 0 aliphatic carbocycles. The lowest BCUT2D eigenvalue weighted by molar-refractivity contribution is 0.604. The van der Waals surface area contributed by atoms with Crippen molar-refractivity contribution < 1.29 is 4.42 Å². The molecular weight excluding hydrogens is 282 g/mol. The number of rotatable bonds is 5. The Morgan fingerprint density at radius 2 is 1.65 bits per heavy atom. The fourth-order valence-electron chi connectivity index (χ4n) is 2.80. The number of benzene rings is 2. The summed E-state index contributed by atoms with van der Waals surface area (Å²) in [5.74, 6) is 0.887. The normalized spacial score (nSPS) is 11.4. The van der Waals surface area contributed by atoms with Crippen molar-refractivity contribution in [3.8, 4) is 0 Å². The Labute approximate surface area is 138 Å². The van der Waals surface area contributed by atoms with Gasteiger partial charge in [0.25, 0.3) is 0 Å². The molecule has 0 saturated carbocycles. The van der Waals surface area contributed by atoms with Crippen molar-refractivity contribution in [3.05, 3.63) is 65.4 Å². The van der Waals surface area contributed by atoms with E-state index in [-0.39, 0.29) is 0 Å². The first-order valence-corrected chi connectivity index (χ1v) is 8.23. The van der Waals surface area contributed by atoms with Gasteiger partial charge in [0.2, 0.25) is 0 Å². The summed E-state index contributed by atoms with van der Waals surface area (Å²) in [6.45, 7) is 8.50. The molecule has 0 bridgehead atoms. The van der Waals surface area contributed by atoms with Crippen molar-refractivity contribution in [3.63, 3.8) is 0 Å². The van der Waals surface area contributed by atoms with Crippen molar-refractivity contribution in [1.29, 1.82) is 0 Å². The maximum Gasteiger partial charge on any atom is 0.135 e. The first kappa shape index (κ1) is 15.4. The molecule has 0 aliphatic rings. The third-order valence-corrected chi connectivity index (χ3v) is 4.16. The Kier molecular flexibility index (Phi) is 4.52. The summed E-state index contributed by atoms with van der Waals surface area (Å²) in [5.41, 5.74) is 4.61. The molecule has 0 amide bonds. The Morgan fingerprint density at radius 3 is 2.35 bits per heavy atom. The molecule has 0 N–H and O–H groups in total. The van der Waals surface area contributed by atoms with Crippen LogP contribution in [0.3, 0.4) is 0 Å². The van der Waals surface area contributed by atoms with Gasteiger partial charge in [-0.05, 0) is 62.2 Å². The second kappa shape index (κ2) is 6.74. The second-order valence-electron chi connectivity index (χ2n) is 5.79.